The molecule has 0 radical (unpaired) electrons. The lowest BCUT2D eigenvalue weighted by Gasteiger charge is -2.19. The maximum Gasteiger partial charge on any atom is 0.284 e. The minimum absolute atomic E-state index is 0.0861. The number of amidine groups is 1. The fraction of sp³-hybridized carbons (Fsp3) is 0.143. The third-order valence-electron chi connectivity index (χ3n) is 4.53. The molecule has 9 heteroatoms. The predicted molar refractivity (Wildman–Crippen MR) is 123 cm³/mol. The molecule has 0 atom stereocenters. The molecule has 0 bridgehead atoms. The molecule has 1 saturated heterocycles. The van der Waals surface area contributed by atoms with E-state index in [9.17, 15) is 13.2 Å². The second-order valence-corrected chi connectivity index (χ2v) is 10.0. The largest absolute Gasteiger partial charge is 0.334 e. The van der Waals surface area contributed by atoms with Crippen molar-refractivity contribution in [3.05, 3.63) is 77.2 Å². The number of carbonyl (C=O) groups is 1. The number of hydrogen-bond donors (Lipinski definition) is 0. The monoisotopic (exact) mass is 457 g/mol. The van der Waals surface area contributed by atoms with Crippen molar-refractivity contribution in [2.75, 3.05) is 18.0 Å². The summed E-state index contributed by atoms with van der Waals surface area (Å²) in [7, 11) is -3.94. The number of sulfonamides is 1. The fourth-order valence-corrected chi connectivity index (χ4v) is 6.76. The van der Waals surface area contributed by atoms with Crippen molar-refractivity contribution < 1.29 is 13.2 Å². The minimum Gasteiger partial charge on any atom is -0.334 e. The van der Waals surface area contributed by atoms with Crippen LogP contribution in [0.25, 0.3) is 0 Å². The van der Waals surface area contributed by atoms with Gasteiger partial charge in [0.05, 0.1) is 10.6 Å². The van der Waals surface area contributed by atoms with Crippen LogP contribution < -0.4 is 4.90 Å². The van der Waals surface area contributed by atoms with E-state index >= 15 is 0 Å². The smallest absolute Gasteiger partial charge is 0.284 e. The second kappa shape index (κ2) is 8.33. The summed E-state index contributed by atoms with van der Waals surface area (Å²) in [6.45, 7) is 6.58. The van der Waals surface area contributed by atoms with Gasteiger partial charge >= 0.3 is 0 Å². The first-order valence-corrected chi connectivity index (χ1v) is 12.3. The highest BCUT2D eigenvalue weighted by atomic mass is 32.2. The molecule has 0 aliphatic carbocycles. The minimum atomic E-state index is -3.94. The van der Waals surface area contributed by atoms with E-state index in [0.29, 0.717) is 11.4 Å². The van der Waals surface area contributed by atoms with Gasteiger partial charge in [-0.25, -0.2) is 0 Å². The molecule has 2 aliphatic rings. The molecule has 2 heterocycles. The molecule has 0 spiro atoms. The Hall–Kier alpha value is -2.49. The molecule has 0 saturated carbocycles. The third-order valence-corrected chi connectivity index (χ3v) is 8.31. The molecular weight excluding hydrogens is 438 g/mol. The number of fused-ring (bicyclic) bond motifs is 1. The lowest BCUT2D eigenvalue weighted by atomic mass is 10.3. The third kappa shape index (κ3) is 3.68. The highest BCUT2D eigenvalue weighted by molar-refractivity contribution is 8.19. The van der Waals surface area contributed by atoms with Crippen LogP contribution in [-0.2, 0) is 14.8 Å². The van der Waals surface area contributed by atoms with Crippen LogP contribution in [0.5, 0.6) is 0 Å². The number of rotatable bonds is 5. The first kappa shape index (κ1) is 20.8. The summed E-state index contributed by atoms with van der Waals surface area (Å²) in [5.41, 5.74) is 1.04. The zero-order valence-corrected chi connectivity index (χ0v) is 18.6. The van der Waals surface area contributed by atoms with Crippen LogP contribution in [0.15, 0.2) is 91.4 Å². The van der Waals surface area contributed by atoms with E-state index in [2.05, 4.69) is 15.9 Å². The molecule has 1 fully saturated rings. The highest BCUT2D eigenvalue weighted by Crippen LogP contribution is 2.50. The Morgan fingerprint density at radius 2 is 1.73 bits per heavy atom. The van der Waals surface area contributed by atoms with Gasteiger partial charge in [0.25, 0.3) is 15.9 Å². The summed E-state index contributed by atoms with van der Waals surface area (Å²) >= 11 is 2.61. The van der Waals surface area contributed by atoms with Gasteiger partial charge in [0.1, 0.15) is 9.93 Å². The van der Waals surface area contributed by atoms with Crippen molar-refractivity contribution in [1.29, 1.82) is 0 Å². The topological polar surface area (TPSA) is 70.1 Å². The molecule has 2 aliphatic heterocycles. The maximum absolute atomic E-state index is 13.2. The van der Waals surface area contributed by atoms with Crippen LogP contribution in [0.4, 0.5) is 5.69 Å². The number of benzene rings is 2. The van der Waals surface area contributed by atoms with Crippen molar-refractivity contribution in [1.82, 2.24) is 4.90 Å². The summed E-state index contributed by atoms with van der Waals surface area (Å²) in [6.07, 6.45) is 1.56. The molecule has 0 unspecified atom stereocenters. The van der Waals surface area contributed by atoms with Gasteiger partial charge in [0, 0.05) is 18.0 Å². The molecule has 154 valence electrons. The van der Waals surface area contributed by atoms with Gasteiger partial charge in [0.15, 0.2) is 5.17 Å². The molecule has 0 aromatic heterocycles. The van der Waals surface area contributed by atoms with Crippen molar-refractivity contribution >= 4 is 50.3 Å². The standard InChI is InChI=1S/C21H19N3O3S3/c1-3-14-24-19(25)18(20-23(4-2)16-12-8-9-13-17(16)28-20)29-21(24)22-30(26,27)15-10-6-5-7-11-15/h3,5-13H,1,4,14H2,2H3/b20-18+,22-21-. The van der Waals surface area contributed by atoms with Crippen LogP contribution in [0.2, 0.25) is 0 Å². The molecule has 6 nitrogen and oxygen atoms in total. The fourth-order valence-electron chi connectivity index (χ4n) is 3.16. The van der Waals surface area contributed by atoms with E-state index in [0.717, 1.165) is 27.4 Å². The number of para-hydroxylation sites is 1. The Morgan fingerprint density at radius 3 is 2.43 bits per heavy atom. The van der Waals surface area contributed by atoms with Crippen molar-refractivity contribution in [2.45, 2.75) is 16.7 Å². The van der Waals surface area contributed by atoms with Crippen molar-refractivity contribution in [3.8, 4) is 0 Å². The van der Waals surface area contributed by atoms with Crippen LogP contribution in [-0.4, -0.2) is 37.5 Å². The van der Waals surface area contributed by atoms with Gasteiger partial charge in [-0.1, -0.05) is 48.2 Å². The Balaban J connectivity index is 1.78. The van der Waals surface area contributed by atoms with Gasteiger partial charge in [-0.15, -0.1) is 11.0 Å². The van der Waals surface area contributed by atoms with Gasteiger partial charge in [-0.3, -0.25) is 9.69 Å². The average molecular weight is 458 g/mol. The molecule has 1 amide bonds. The van der Waals surface area contributed by atoms with Crippen LogP contribution >= 0.6 is 23.5 Å². The quantitative estimate of drug-likeness (QED) is 0.493. The van der Waals surface area contributed by atoms with E-state index in [1.165, 1.54) is 28.8 Å². The van der Waals surface area contributed by atoms with E-state index in [4.69, 9.17) is 0 Å². The summed E-state index contributed by atoms with van der Waals surface area (Å²) < 4.78 is 29.5. The number of carbonyl (C=O) groups excluding carboxylic acids is 1. The highest BCUT2D eigenvalue weighted by Gasteiger charge is 2.40. The Kier molecular flexibility index (Phi) is 5.77. The first-order chi connectivity index (χ1) is 14.5. The molecule has 4 rings (SSSR count). The Labute approximate surface area is 184 Å². The zero-order valence-electron chi connectivity index (χ0n) is 16.2. The normalized spacial score (nSPS) is 20.2. The van der Waals surface area contributed by atoms with Gasteiger partial charge in [0.2, 0.25) is 0 Å². The molecule has 2 aromatic rings. The van der Waals surface area contributed by atoms with Gasteiger partial charge in [-0.05, 0) is 43.0 Å². The Bertz CT molecular complexity index is 1170. The van der Waals surface area contributed by atoms with Crippen molar-refractivity contribution in [3.63, 3.8) is 0 Å². The van der Waals surface area contributed by atoms with E-state index in [1.54, 1.807) is 24.3 Å². The zero-order chi connectivity index (χ0) is 21.3. The van der Waals surface area contributed by atoms with Crippen molar-refractivity contribution in [2.24, 2.45) is 4.40 Å². The van der Waals surface area contributed by atoms with Crippen LogP contribution in [0.3, 0.4) is 0 Å². The van der Waals surface area contributed by atoms with E-state index in [-0.39, 0.29) is 22.5 Å². The molecular formula is C21H19N3O3S3. The molecule has 0 N–H and O–H groups in total. The first-order valence-electron chi connectivity index (χ1n) is 9.25. The summed E-state index contributed by atoms with van der Waals surface area (Å²) in [6, 6.07) is 15.9. The van der Waals surface area contributed by atoms with Crippen LogP contribution in [0, 0.1) is 0 Å². The summed E-state index contributed by atoms with van der Waals surface area (Å²) in [4.78, 5) is 18.3. The summed E-state index contributed by atoms with van der Waals surface area (Å²) in [5, 5.41) is 0.934. The second-order valence-electron chi connectivity index (χ2n) is 6.42. The molecule has 30 heavy (non-hydrogen) atoms. The predicted octanol–water partition coefficient (Wildman–Crippen LogP) is 4.29. The number of nitrogens with zero attached hydrogens (tertiary/aromatic N) is 3. The molecule has 2 aromatic carbocycles. The van der Waals surface area contributed by atoms with E-state index in [1.807, 2.05) is 31.2 Å². The lowest BCUT2D eigenvalue weighted by molar-refractivity contribution is -0.121. The number of thioether (sulfide) groups is 2. The SMILES string of the molecule is C=CCN1C(=O)/C(=C2\Sc3ccccc3N2CC)S/C1=N\S(=O)(=O)c1ccccc1. The number of anilines is 1. The van der Waals surface area contributed by atoms with Gasteiger partial charge < -0.3 is 4.90 Å². The van der Waals surface area contributed by atoms with Gasteiger partial charge in [-0.2, -0.15) is 8.42 Å². The van der Waals surface area contributed by atoms with Crippen LogP contribution in [0.1, 0.15) is 6.92 Å². The van der Waals surface area contributed by atoms with E-state index < -0.39 is 10.0 Å². The number of amides is 1. The number of hydrogen-bond acceptors (Lipinski definition) is 6. The maximum atomic E-state index is 13.2. The summed E-state index contributed by atoms with van der Waals surface area (Å²) in [5.74, 6) is -0.268. The lowest BCUT2D eigenvalue weighted by Crippen LogP contribution is -2.30. The average Bonchev–Trinajstić information content (AvgIpc) is 3.26. The Morgan fingerprint density at radius 1 is 1.03 bits per heavy atom.